The minimum atomic E-state index is -4.50. The van der Waals surface area contributed by atoms with Gasteiger partial charge in [0.1, 0.15) is 12.1 Å². The van der Waals surface area contributed by atoms with Crippen molar-refractivity contribution in [2.75, 3.05) is 29.1 Å². The average Bonchev–Trinajstić information content (AvgIpc) is 3.64. The molecule has 10 nitrogen and oxygen atoms in total. The predicted molar refractivity (Wildman–Crippen MR) is 142 cm³/mol. The number of aliphatic hydroxyl groups excluding tert-OH is 1. The minimum absolute atomic E-state index is 0.0276. The first-order chi connectivity index (χ1) is 18.8. The van der Waals surface area contributed by atoms with E-state index in [0.717, 1.165) is 45.4 Å². The lowest BCUT2D eigenvalue weighted by molar-refractivity contribution is -0.137. The van der Waals surface area contributed by atoms with E-state index in [2.05, 4.69) is 36.0 Å². The molecular formula is C24H23F3N8O2S2. The maximum Gasteiger partial charge on any atom is 0.416 e. The smallest absolute Gasteiger partial charge is 0.394 e. The van der Waals surface area contributed by atoms with E-state index in [1.165, 1.54) is 29.8 Å². The van der Waals surface area contributed by atoms with Crippen molar-refractivity contribution < 1.29 is 23.1 Å². The van der Waals surface area contributed by atoms with E-state index in [-0.39, 0.29) is 17.5 Å². The zero-order chi connectivity index (χ0) is 27.4. The normalized spacial score (nSPS) is 14.7. The number of fused-ring (bicyclic) bond motifs is 1. The molecule has 0 spiro atoms. The number of nitrogens with zero attached hydrogens (tertiary/aromatic N) is 5. The van der Waals surface area contributed by atoms with Crippen LogP contribution >= 0.6 is 23.1 Å². The number of hydrogen-bond donors (Lipinski definition) is 4. The van der Waals surface area contributed by atoms with Crippen LogP contribution in [0, 0.1) is 0 Å². The lowest BCUT2D eigenvalue weighted by atomic mass is 10.1. The summed E-state index contributed by atoms with van der Waals surface area (Å²) in [6.45, 7) is 1.05. The van der Waals surface area contributed by atoms with Crippen molar-refractivity contribution in [2.24, 2.45) is 0 Å². The monoisotopic (exact) mass is 576 g/mol. The molecule has 15 heteroatoms. The number of halogens is 3. The number of urea groups is 1. The van der Waals surface area contributed by atoms with Crippen LogP contribution < -0.4 is 16.0 Å². The number of aliphatic hydroxyl groups is 1. The van der Waals surface area contributed by atoms with Crippen molar-refractivity contribution in [1.29, 1.82) is 0 Å². The van der Waals surface area contributed by atoms with E-state index in [0.29, 0.717) is 24.6 Å². The summed E-state index contributed by atoms with van der Waals surface area (Å²) in [6, 6.07) is 3.73. The Morgan fingerprint density at radius 1 is 1.18 bits per heavy atom. The molecule has 4 aromatic rings. The van der Waals surface area contributed by atoms with Gasteiger partial charge >= 0.3 is 12.2 Å². The first-order valence-electron chi connectivity index (χ1n) is 11.9. The molecule has 39 heavy (non-hydrogen) atoms. The molecule has 0 bridgehead atoms. The van der Waals surface area contributed by atoms with Crippen LogP contribution in [0.25, 0.3) is 0 Å². The fraction of sp³-hybridized carbons (Fsp3) is 0.292. The zero-order valence-electron chi connectivity index (χ0n) is 20.3. The second kappa shape index (κ2) is 11.6. The summed E-state index contributed by atoms with van der Waals surface area (Å²) >= 11 is 2.95. The predicted octanol–water partition coefficient (Wildman–Crippen LogP) is 4.83. The highest BCUT2D eigenvalue weighted by Crippen LogP contribution is 2.48. The van der Waals surface area contributed by atoms with Gasteiger partial charge in [0, 0.05) is 53.2 Å². The van der Waals surface area contributed by atoms with Crippen LogP contribution in [0.2, 0.25) is 0 Å². The number of carbonyl (C=O) groups is 1. The van der Waals surface area contributed by atoms with E-state index in [9.17, 15) is 18.0 Å². The Morgan fingerprint density at radius 2 is 2.05 bits per heavy atom. The number of carbonyl (C=O) groups excluding carboxylic acids is 1. The van der Waals surface area contributed by atoms with Gasteiger partial charge in [-0.15, -0.1) is 23.1 Å². The molecule has 0 aliphatic carbocycles. The standard InChI is InChI=1S/C24H23F3N8O2S2/c25-24(26,27)15-2-1-3-16(8-15)33-22(37)34-23-29-11-17(38-23)4-5-28-21-20-18(30-13-31-21)9-19(39-20)14-10-32-35(12-14)6-7-36/h1-3,8,10-13,19,36H,4-7,9H2,(H,28,30,31)(H2,29,33,34,37). The number of thiazole rings is 1. The highest BCUT2D eigenvalue weighted by molar-refractivity contribution is 8.00. The Bertz CT molecular complexity index is 1460. The summed E-state index contributed by atoms with van der Waals surface area (Å²) in [5.41, 5.74) is 1.22. The van der Waals surface area contributed by atoms with Crippen molar-refractivity contribution in [2.45, 2.75) is 35.7 Å². The Kier molecular flexibility index (Phi) is 7.99. The number of hydrogen-bond acceptors (Lipinski definition) is 9. The number of amides is 2. The summed E-state index contributed by atoms with van der Waals surface area (Å²) in [5, 5.41) is 22.2. The largest absolute Gasteiger partial charge is 0.416 e. The van der Waals surface area contributed by atoms with Crippen LogP contribution in [-0.4, -0.2) is 49.0 Å². The van der Waals surface area contributed by atoms with E-state index >= 15 is 0 Å². The van der Waals surface area contributed by atoms with Crippen LogP contribution in [0.5, 0.6) is 0 Å². The zero-order valence-corrected chi connectivity index (χ0v) is 21.9. The van der Waals surface area contributed by atoms with Gasteiger partial charge in [0.15, 0.2) is 5.13 Å². The number of rotatable bonds is 9. The van der Waals surface area contributed by atoms with Crippen LogP contribution in [-0.2, 0) is 25.6 Å². The van der Waals surface area contributed by atoms with Gasteiger partial charge in [-0.1, -0.05) is 6.07 Å². The van der Waals surface area contributed by atoms with Gasteiger partial charge in [-0.25, -0.2) is 19.7 Å². The summed E-state index contributed by atoms with van der Waals surface area (Å²) < 4.78 is 40.4. The Hall–Kier alpha value is -3.69. The third-order valence-electron chi connectivity index (χ3n) is 5.76. The number of benzene rings is 1. The van der Waals surface area contributed by atoms with Gasteiger partial charge < -0.3 is 15.7 Å². The van der Waals surface area contributed by atoms with Gasteiger partial charge in [0.2, 0.25) is 0 Å². The van der Waals surface area contributed by atoms with E-state index in [1.807, 2.05) is 12.4 Å². The first kappa shape index (κ1) is 26.9. The summed E-state index contributed by atoms with van der Waals surface area (Å²) in [4.78, 5) is 27.2. The molecule has 3 aromatic heterocycles. The van der Waals surface area contributed by atoms with Gasteiger partial charge in [-0.3, -0.25) is 10.00 Å². The van der Waals surface area contributed by atoms with Crippen LogP contribution in [0.4, 0.5) is 34.6 Å². The molecule has 1 aromatic carbocycles. The SMILES string of the molecule is O=C(Nc1cccc(C(F)(F)F)c1)Nc1ncc(CCNc2ncnc3c2SC(c2cnn(CCO)c2)C3)s1. The van der Waals surface area contributed by atoms with Gasteiger partial charge in [0.25, 0.3) is 0 Å². The Morgan fingerprint density at radius 3 is 2.87 bits per heavy atom. The van der Waals surface area contributed by atoms with Crippen LogP contribution in [0.1, 0.15) is 26.9 Å². The number of anilines is 3. The molecule has 1 atom stereocenters. The fourth-order valence-corrected chi connectivity index (χ4v) is 6.04. The van der Waals surface area contributed by atoms with E-state index < -0.39 is 17.8 Å². The van der Waals surface area contributed by atoms with Crippen molar-refractivity contribution >= 4 is 45.8 Å². The number of nitrogens with one attached hydrogen (secondary N) is 3. The van der Waals surface area contributed by atoms with Gasteiger partial charge in [-0.05, 0) is 18.2 Å². The third kappa shape index (κ3) is 6.66. The molecule has 0 fully saturated rings. The molecular weight excluding hydrogens is 553 g/mol. The number of thioether (sulfide) groups is 1. The Labute approximate surface area is 229 Å². The third-order valence-corrected chi connectivity index (χ3v) is 8.12. The molecule has 2 amide bonds. The summed E-state index contributed by atoms with van der Waals surface area (Å²) in [6.07, 6.45) is 3.82. The second-order valence-corrected chi connectivity index (χ2v) is 10.9. The van der Waals surface area contributed by atoms with Crippen LogP contribution in [0.3, 0.4) is 0 Å². The van der Waals surface area contributed by atoms with Crippen molar-refractivity contribution in [1.82, 2.24) is 24.7 Å². The summed E-state index contributed by atoms with van der Waals surface area (Å²) in [5.74, 6) is 0.749. The molecule has 4 heterocycles. The minimum Gasteiger partial charge on any atom is -0.394 e. The van der Waals surface area contributed by atoms with E-state index in [4.69, 9.17) is 5.11 Å². The van der Waals surface area contributed by atoms with Gasteiger partial charge in [0.05, 0.1) is 35.5 Å². The molecule has 1 aliphatic rings. The molecule has 204 valence electrons. The number of alkyl halides is 3. The topological polar surface area (TPSA) is 130 Å². The van der Waals surface area contributed by atoms with Crippen LogP contribution in [0.15, 0.2) is 54.1 Å². The molecule has 1 aliphatic heterocycles. The van der Waals surface area contributed by atoms with Crippen molar-refractivity contribution in [3.8, 4) is 0 Å². The number of aromatic nitrogens is 5. The second-order valence-electron chi connectivity index (χ2n) is 8.54. The molecule has 1 unspecified atom stereocenters. The molecule has 5 rings (SSSR count). The lowest BCUT2D eigenvalue weighted by Crippen LogP contribution is -2.19. The van der Waals surface area contributed by atoms with Crippen molar-refractivity contribution in [3.05, 3.63) is 70.9 Å². The molecule has 0 radical (unpaired) electrons. The highest BCUT2D eigenvalue weighted by Gasteiger charge is 2.31. The molecule has 0 saturated carbocycles. The highest BCUT2D eigenvalue weighted by atomic mass is 32.2. The maximum atomic E-state index is 12.9. The lowest BCUT2D eigenvalue weighted by Gasteiger charge is -2.10. The first-order valence-corrected chi connectivity index (χ1v) is 13.6. The quantitative estimate of drug-likeness (QED) is 0.223. The Balaban J connectivity index is 1.12. The molecule has 4 N–H and O–H groups in total. The van der Waals surface area contributed by atoms with Crippen molar-refractivity contribution in [3.63, 3.8) is 0 Å². The van der Waals surface area contributed by atoms with E-state index in [1.54, 1.807) is 22.6 Å². The maximum absolute atomic E-state index is 12.9. The molecule has 0 saturated heterocycles. The average molecular weight is 577 g/mol. The summed E-state index contributed by atoms with van der Waals surface area (Å²) in [7, 11) is 0. The van der Waals surface area contributed by atoms with Gasteiger partial charge in [-0.2, -0.15) is 18.3 Å². The fourth-order valence-electron chi connectivity index (χ4n) is 3.94.